The van der Waals surface area contributed by atoms with E-state index < -0.39 is 4.92 Å². The number of hydrogen-bond acceptors (Lipinski definition) is 5. The summed E-state index contributed by atoms with van der Waals surface area (Å²) in [6.07, 6.45) is 0.109. The molecule has 0 aliphatic carbocycles. The molecule has 28 heavy (non-hydrogen) atoms. The number of carbonyl (C=O) groups is 2. The second-order valence-corrected chi connectivity index (χ2v) is 6.40. The van der Waals surface area contributed by atoms with Crippen molar-refractivity contribution in [1.82, 2.24) is 10.6 Å². The third-order valence-corrected chi connectivity index (χ3v) is 4.30. The average Bonchev–Trinajstić information content (AvgIpc) is 2.67. The zero-order valence-electron chi connectivity index (χ0n) is 14.6. The summed E-state index contributed by atoms with van der Waals surface area (Å²) in [5, 5.41) is 16.5. The number of nitro benzene ring substituents is 1. The topological polar surface area (TPSA) is 111 Å². The molecular formula is C18H17Cl2N3O5. The first-order chi connectivity index (χ1) is 13.4. The van der Waals surface area contributed by atoms with Gasteiger partial charge in [0.2, 0.25) is 5.91 Å². The number of nitrogens with zero attached hydrogens (tertiary/aromatic N) is 1. The molecule has 0 unspecified atom stereocenters. The maximum Gasteiger partial charge on any atom is 0.269 e. The Labute approximate surface area is 170 Å². The number of non-ortho nitro benzene ring substituents is 1. The number of halogens is 2. The molecule has 2 rings (SSSR count). The highest BCUT2D eigenvalue weighted by Crippen LogP contribution is 2.22. The standard InChI is InChI=1S/C18H17Cl2N3O5/c19-15-6-1-12(11-16(15)20)18(25)22-9-8-21-17(24)7-10-28-14-4-2-13(3-5-14)23(26)27/h1-6,11H,7-10H2,(H,21,24)(H,22,25). The monoisotopic (exact) mass is 425 g/mol. The lowest BCUT2D eigenvalue weighted by atomic mass is 10.2. The molecule has 0 aromatic heterocycles. The summed E-state index contributed by atoms with van der Waals surface area (Å²) in [5.41, 5.74) is 0.338. The molecule has 2 aromatic carbocycles. The largest absolute Gasteiger partial charge is 0.493 e. The van der Waals surface area contributed by atoms with Gasteiger partial charge in [0.1, 0.15) is 5.75 Å². The van der Waals surface area contributed by atoms with Gasteiger partial charge in [0, 0.05) is 30.8 Å². The molecule has 0 heterocycles. The van der Waals surface area contributed by atoms with Gasteiger partial charge in [0.25, 0.3) is 11.6 Å². The van der Waals surface area contributed by atoms with Crippen molar-refractivity contribution in [3.05, 3.63) is 68.2 Å². The van der Waals surface area contributed by atoms with Crippen molar-refractivity contribution in [1.29, 1.82) is 0 Å². The Balaban J connectivity index is 1.62. The molecule has 2 N–H and O–H groups in total. The SMILES string of the molecule is O=C(CCOc1ccc([N+](=O)[O-])cc1)NCCNC(=O)c1ccc(Cl)c(Cl)c1. The fraction of sp³-hybridized carbons (Fsp3) is 0.222. The summed E-state index contributed by atoms with van der Waals surface area (Å²) in [6, 6.07) is 10.1. The number of nitrogens with one attached hydrogen (secondary N) is 2. The third-order valence-electron chi connectivity index (χ3n) is 3.56. The van der Waals surface area contributed by atoms with Crippen LogP contribution in [0.4, 0.5) is 5.69 Å². The van der Waals surface area contributed by atoms with Crippen LogP contribution < -0.4 is 15.4 Å². The Morgan fingerprint density at radius 3 is 2.32 bits per heavy atom. The second kappa shape index (κ2) is 10.5. The van der Waals surface area contributed by atoms with E-state index in [4.69, 9.17) is 27.9 Å². The van der Waals surface area contributed by atoms with Gasteiger partial charge in [0.15, 0.2) is 0 Å². The number of hydrogen-bond donors (Lipinski definition) is 2. The number of carbonyl (C=O) groups excluding carboxylic acids is 2. The minimum atomic E-state index is -0.502. The quantitative estimate of drug-likeness (QED) is 0.364. The molecule has 0 aliphatic rings. The van der Waals surface area contributed by atoms with E-state index in [1.807, 2.05) is 0 Å². The molecule has 0 radical (unpaired) electrons. The van der Waals surface area contributed by atoms with Gasteiger partial charge in [0.05, 0.1) is 28.0 Å². The molecule has 0 atom stereocenters. The van der Waals surface area contributed by atoms with E-state index in [9.17, 15) is 19.7 Å². The van der Waals surface area contributed by atoms with E-state index in [-0.39, 0.29) is 48.6 Å². The van der Waals surface area contributed by atoms with Crippen LogP contribution >= 0.6 is 23.2 Å². The average molecular weight is 426 g/mol. The van der Waals surface area contributed by atoms with Crippen LogP contribution in [0.5, 0.6) is 5.75 Å². The summed E-state index contributed by atoms with van der Waals surface area (Å²) < 4.78 is 5.36. The molecule has 8 nitrogen and oxygen atoms in total. The van der Waals surface area contributed by atoms with Gasteiger partial charge >= 0.3 is 0 Å². The van der Waals surface area contributed by atoms with Crippen molar-refractivity contribution >= 4 is 40.7 Å². The lowest BCUT2D eigenvalue weighted by molar-refractivity contribution is -0.384. The number of benzene rings is 2. The van der Waals surface area contributed by atoms with Gasteiger partial charge < -0.3 is 15.4 Å². The second-order valence-electron chi connectivity index (χ2n) is 5.58. The zero-order valence-corrected chi connectivity index (χ0v) is 16.1. The lowest BCUT2D eigenvalue weighted by Gasteiger charge is -2.09. The minimum Gasteiger partial charge on any atom is -0.493 e. The van der Waals surface area contributed by atoms with Crippen LogP contribution in [0.1, 0.15) is 16.8 Å². The molecule has 0 bridgehead atoms. The first-order valence-corrected chi connectivity index (χ1v) is 8.99. The molecule has 2 amide bonds. The Hall–Kier alpha value is -2.84. The summed E-state index contributed by atoms with van der Waals surface area (Å²) in [4.78, 5) is 33.8. The zero-order chi connectivity index (χ0) is 20.5. The van der Waals surface area contributed by atoms with Gasteiger partial charge in [-0.1, -0.05) is 23.2 Å². The van der Waals surface area contributed by atoms with Crippen LogP contribution in [0.3, 0.4) is 0 Å². The van der Waals surface area contributed by atoms with Crippen LogP contribution in [-0.4, -0.2) is 36.4 Å². The van der Waals surface area contributed by atoms with Crippen molar-refractivity contribution in [2.24, 2.45) is 0 Å². The van der Waals surface area contributed by atoms with Gasteiger partial charge in [-0.15, -0.1) is 0 Å². The smallest absolute Gasteiger partial charge is 0.269 e. The van der Waals surface area contributed by atoms with Gasteiger partial charge in [-0.25, -0.2) is 0 Å². The maximum atomic E-state index is 12.0. The van der Waals surface area contributed by atoms with Crippen molar-refractivity contribution < 1.29 is 19.2 Å². The number of ether oxygens (including phenoxy) is 1. The van der Waals surface area contributed by atoms with E-state index in [0.717, 1.165) is 0 Å². The number of rotatable bonds is 9. The fourth-order valence-electron chi connectivity index (χ4n) is 2.13. The van der Waals surface area contributed by atoms with Crippen molar-refractivity contribution in [3.63, 3.8) is 0 Å². The number of amides is 2. The molecular weight excluding hydrogens is 409 g/mol. The van der Waals surface area contributed by atoms with Crippen LogP contribution in [0.15, 0.2) is 42.5 Å². The van der Waals surface area contributed by atoms with E-state index in [1.54, 1.807) is 6.07 Å². The molecule has 0 saturated heterocycles. The summed E-state index contributed by atoms with van der Waals surface area (Å²) in [5.74, 6) is -0.132. The van der Waals surface area contributed by atoms with E-state index >= 15 is 0 Å². The summed E-state index contributed by atoms with van der Waals surface area (Å²) in [6.45, 7) is 0.622. The predicted octanol–water partition coefficient (Wildman–Crippen LogP) is 3.22. The minimum absolute atomic E-state index is 0.0342. The van der Waals surface area contributed by atoms with Gasteiger partial charge in [-0.2, -0.15) is 0 Å². The van der Waals surface area contributed by atoms with Crippen LogP contribution in [0, 0.1) is 10.1 Å². The predicted molar refractivity (Wildman–Crippen MR) is 105 cm³/mol. The Kier molecular flexibility index (Phi) is 8.03. The third kappa shape index (κ3) is 6.71. The van der Waals surface area contributed by atoms with Crippen molar-refractivity contribution in [2.45, 2.75) is 6.42 Å². The molecule has 0 saturated carbocycles. The Morgan fingerprint density at radius 2 is 1.68 bits per heavy atom. The Bertz CT molecular complexity index is 859. The highest BCUT2D eigenvalue weighted by atomic mass is 35.5. The van der Waals surface area contributed by atoms with E-state index in [1.165, 1.54) is 36.4 Å². The molecule has 2 aromatic rings. The molecule has 0 fully saturated rings. The van der Waals surface area contributed by atoms with Crippen LogP contribution in [0.2, 0.25) is 10.0 Å². The highest BCUT2D eigenvalue weighted by Gasteiger charge is 2.08. The summed E-state index contributed by atoms with van der Waals surface area (Å²) >= 11 is 11.7. The van der Waals surface area contributed by atoms with Crippen LogP contribution in [0.25, 0.3) is 0 Å². The molecule has 0 aliphatic heterocycles. The first kappa shape index (κ1) is 21.5. The number of nitro groups is 1. The van der Waals surface area contributed by atoms with E-state index in [2.05, 4.69) is 10.6 Å². The van der Waals surface area contributed by atoms with Gasteiger partial charge in [-0.3, -0.25) is 19.7 Å². The normalized spacial score (nSPS) is 10.2. The van der Waals surface area contributed by atoms with E-state index in [0.29, 0.717) is 16.3 Å². The Morgan fingerprint density at radius 1 is 1.00 bits per heavy atom. The van der Waals surface area contributed by atoms with Crippen LogP contribution in [-0.2, 0) is 4.79 Å². The van der Waals surface area contributed by atoms with Crippen molar-refractivity contribution in [2.75, 3.05) is 19.7 Å². The molecule has 0 spiro atoms. The lowest BCUT2D eigenvalue weighted by Crippen LogP contribution is -2.35. The van der Waals surface area contributed by atoms with Gasteiger partial charge in [-0.05, 0) is 30.3 Å². The summed E-state index contributed by atoms with van der Waals surface area (Å²) in [7, 11) is 0. The van der Waals surface area contributed by atoms with Crippen molar-refractivity contribution in [3.8, 4) is 5.75 Å². The highest BCUT2D eigenvalue weighted by molar-refractivity contribution is 6.42. The maximum absolute atomic E-state index is 12.0. The molecule has 148 valence electrons. The first-order valence-electron chi connectivity index (χ1n) is 8.24. The fourth-order valence-corrected chi connectivity index (χ4v) is 2.43. The molecule has 10 heteroatoms.